The van der Waals surface area contributed by atoms with Gasteiger partial charge in [-0.25, -0.2) is 9.78 Å². The molecule has 0 saturated carbocycles. The van der Waals surface area contributed by atoms with Crippen LogP contribution in [-0.2, 0) is 11.3 Å². The van der Waals surface area contributed by atoms with Crippen LogP contribution in [0.25, 0.3) is 5.65 Å². The summed E-state index contributed by atoms with van der Waals surface area (Å²) >= 11 is 0. The summed E-state index contributed by atoms with van der Waals surface area (Å²) in [6, 6.07) is 5.96. The maximum absolute atomic E-state index is 12.4. The Morgan fingerprint density at radius 3 is 2.76 bits per heavy atom. The first-order valence-corrected chi connectivity index (χ1v) is 8.61. The molecule has 1 aliphatic heterocycles. The predicted molar refractivity (Wildman–Crippen MR) is 95.7 cm³/mol. The number of aliphatic hydroxyl groups is 1. The van der Waals surface area contributed by atoms with Gasteiger partial charge in [-0.15, -0.1) is 0 Å². The Morgan fingerprint density at radius 1 is 1.36 bits per heavy atom. The number of rotatable bonds is 2. The van der Waals surface area contributed by atoms with Gasteiger partial charge in [0.1, 0.15) is 17.1 Å². The van der Waals surface area contributed by atoms with Crippen LogP contribution in [-0.4, -0.2) is 56.8 Å². The number of fused-ring (bicyclic) bond motifs is 1. The SMILES string of the molecule is CC1CN(c2cccc3nc(CO)cn23)CCN1C(=O)OC(C)(C)C. The minimum atomic E-state index is -0.489. The van der Waals surface area contributed by atoms with E-state index >= 15 is 0 Å². The Labute approximate surface area is 147 Å². The van der Waals surface area contributed by atoms with Gasteiger partial charge in [-0.05, 0) is 39.8 Å². The van der Waals surface area contributed by atoms with Crippen LogP contribution in [0.4, 0.5) is 10.6 Å². The van der Waals surface area contributed by atoms with Gasteiger partial charge < -0.3 is 19.6 Å². The first-order valence-electron chi connectivity index (χ1n) is 8.61. The van der Waals surface area contributed by atoms with E-state index in [4.69, 9.17) is 4.74 Å². The largest absolute Gasteiger partial charge is 0.444 e. The highest BCUT2D eigenvalue weighted by Gasteiger charge is 2.31. The lowest BCUT2D eigenvalue weighted by Crippen LogP contribution is -2.55. The number of carbonyl (C=O) groups is 1. The van der Waals surface area contributed by atoms with E-state index in [1.54, 1.807) is 4.90 Å². The van der Waals surface area contributed by atoms with Gasteiger partial charge in [-0.1, -0.05) is 6.07 Å². The van der Waals surface area contributed by atoms with Crippen molar-refractivity contribution in [3.8, 4) is 0 Å². The second-order valence-electron chi connectivity index (χ2n) is 7.47. The average molecular weight is 346 g/mol. The van der Waals surface area contributed by atoms with Crippen LogP contribution in [0.3, 0.4) is 0 Å². The lowest BCUT2D eigenvalue weighted by Gasteiger charge is -2.41. The van der Waals surface area contributed by atoms with Gasteiger partial charge in [0, 0.05) is 31.9 Å². The average Bonchev–Trinajstić information content (AvgIpc) is 2.96. The van der Waals surface area contributed by atoms with Gasteiger partial charge in [0.05, 0.1) is 12.3 Å². The molecule has 2 aromatic heterocycles. The maximum Gasteiger partial charge on any atom is 0.410 e. The minimum absolute atomic E-state index is 0.0414. The third kappa shape index (κ3) is 3.71. The molecule has 3 rings (SSSR count). The summed E-state index contributed by atoms with van der Waals surface area (Å²) in [7, 11) is 0. The molecule has 25 heavy (non-hydrogen) atoms. The van der Waals surface area contributed by atoms with Crippen molar-refractivity contribution < 1.29 is 14.6 Å². The Kier molecular flexibility index (Phi) is 4.60. The lowest BCUT2D eigenvalue weighted by atomic mass is 10.2. The van der Waals surface area contributed by atoms with E-state index in [2.05, 4.69) is 9.88 Å². The number of imidazole rings is 1. The van der Waals surface area contributed by atoms with Crippen molar-refractivity contribution in [3.05, 3.63) is 30.1 Å². The van der Waals surface area contributed by atoms with E-state index in [-0.39, 0.29) is 18.7 Å². The van der Waals surface area contributed by atoms with Gasteiger partial charge in [0.25, 0.3) is 0 Å². The number of aliphatic hydroxyl groups excluding tert-OH is 1. The minimum Gasteiger partial charge on any atom is -0.444 e. The van der Waals surface area contributed by atoms with E-state index in [1.165, 1.54) is 0 Å². The number of hydrogen-bond acceptors (Lipinski definition) is 5. The van der Waals surface area contributed by atoms with Crippen molar-refractivity contribution in [3.63, 3.8) is 0 Å². The number of anilines is 1. The normalized spacial score (nSPS) is 18.7. The van der Waals surface area contributed by atoms with Gasteiger partial charge in [0.15, 0.2) is 0 Å². The van der Waals surface area contributed by atoms with E-state index < -0.39 is 5.60 Å². The van der Waals surface area contributed by atoms with Crippen LogP contribution in [0.1, 0.15) is 33.4 Å². The van der Waals surface area contributed by atoms with E-state index in [1.807, 2.05) is 56.5 Å². The third-order valence-corrected chi connectivity index (χ3v) is 4.26. The summed E-state index contributed by atoms with van der Waals surface area (Å²) in [6.45, 7) is 9.63. The third-order valence-electron chi connectivity index (χ3n) is 4.26. The predicted octanol–water partition coefficient (Wildman–Crippen LogP) is 2.27. The zero-order valence-electron chi connectivity index (χ0n) is 15.3. The molecule has 0 aliphatic carbocycles. The molecule has 1 unspecified atom stereocenters. The summed E-state index contributed by atoms with van der Waals surface area (Å²) in [5, 5.41) is 9.32. The summed E-state index contributed by atoms with van der Waals surface area (Å²) < 4.78 is 7.49. The highest BCUT2D eigenvalue weighted by atomic mass is 16.6. The zero-order valence-corrected chi connectivity index (χ0v) is 15.3. The van der Waals surface area contributed by atoms with Crippen molar-refractivity contribution in [2.45, 2.75) is 45.9 Å². The van der Waals surface area contributed by atoms with Gasteiger partial charge in [0.2, 0.25) is 0 Å². The van der Waals surface area contributed by atoms with Crippen LogP contribution >= 0.6 is 0 Å². The fourth-order valence-electron chi connectivity index (χ4n) is 3.14. The number of hydrogen-bond donors (Lipinski definition) is 1. The molecule has 1 atom stereocenters. The molecule has 0 radical (unpaired) electrons. The fraction of sp³-hybridized carbons (Fsp3) is 0.556. The number of pyridine rings is 1. The Morgan fingerprint density at radius 2 is 2.12 bits per heavy atom. The van der Waals surface area contributed by atoms with Crippen molar-refractivity contribution in [2.75, 3.05) is 24.5 Å². The first-order chi connectivity index (χ1) is 11.8. The standard InChI is InChI=1S/C18H26N4O3/c1-13-10-20(8-9-21(13)17(24)25-18(2,3)4)16-7-5-6-15-19-14(12-23)11-22(15)16/h5-7,11,13,23H,8-10,12H2,1-4H3. The Balaban J connectivity index is 1.77. The highest BCUT2D eigenvalue weighted by Crippen LogP contribution is 2.22. The Hall–Kier alpha value is -2.28. The van der Waals surface area contributed by atoms with Crippen molar-refractivity contribution in [2.24, 2.45) is 0 Å². The topological polar surface area (TPSA) is 70.3 Å². The van der Waals surface area contributed by atoms with Crippen LogP contribution in [0.15, 0.2) is 24.4 Å². The second kappa shape index (κ2) is 6.55. The molecule has 1 amide bonds. The summed E-state index contributed by atoms with van der Waals surface area (Å²) in [5.41, 5.74) is 0.966. The van der Waals surface area contributed by atoms with E-state index in [0.29, 0.717) is 18.8 Å². The number of amides is 1. The molecule has 7 nitrogen and oxygen atoms in total. The molecule has 7 heteroatoms. The van der Waals surface area contributed by atoms with Crippen LogP contribution in [0, 0.1) is 0 Å². The number of nitrogens with zero attached hydrogens (tertiary/aromatic N) is 4. The molecule has 0 aromatic carbocycles. The molecular formula is C18H26N4O3. The quantitative estimate of drug-likeness (QED) is 0.903. The van der Waals surface area contributed by atoms with Crippen LogP contribution < -0.4 is 4.90 Å². The molecule has 1 saturated heterocycles. The molecular weight excluding hydrogens is 320 g/mol. The fourth-order valence-corrected chi connectivity index (χ4v) is 3.14. The van der Waals surface area contributed by atoms with Crippen molar-refractivity contribution in [1.29, 1.82) is 0 Å². The number of piperazine rings is 1. The molecule has 136 valence electrons. The summed E-state index contributed by atoms with van der Waals surface area (Å²) in [4.78, 5) is 20.8. The number of ether oxygens (including phenoxy) is 1. The molecule has 1 fully saturated rings. The van der Waals surface area contributed by atoms with Gasteiger partial charge in [-0.2, -0.15) is 0 Å². The maximum atomic E-state index is 12.4. The molecule has 1 aliphatic rings. The van der Waals surface area contributed by atoms with Crippen molar-refractivity contribution >= 4 is 17.6 Å². The second-order valence-corrected chi connectivity index (χ2v) is 7.47. The smallest absolute Gasteiger partial charge is 0.410 e. The zero-order chi connectivity index (χ0) is 18.2. The first kappa shape index (κ1) is 17.5. The van der Waals surface area contributed by atoms with E-state index in [0.717, 1.165) is 18.0 Å². The van der Waals surface area contributed by atoms with Gasteiger partial charge in [-0.3, -0.25) is 4.40 Å². The molecule has 2 aromatic rings. The number of carbonyl (C=O) groups excluding carboxylic acids is 1. The Bertz CT molecular complexity index is 765. The van der Waals surface area contributed by atoms with Crippen molar-refractivity contribution in [1.82, 2.24) is 14.3 Å². The lowest BCUT2D eigenvalue weighted by molar-refractivity contribution is 0.0158. The van der Waals surface area contributed by atoms with Crippen LogP contribution in [0.5, 0.6) is 0 Å². The van der Waals surface area contributed by atoms with Gasteiger partial charge >= 0.3 is 6.09 Å². The molecule has 0 bridgehead atoms. The molecule has 0 spiro atoms. The summed E-state index contributed by atoms with van der Waals surface area (Å²) in [6.07, 6.45) is 1.60. The molecule has 1 N–H and O–H groups in total. The highest BCUT2D eigenvalue weighted by molar-refractivity contribution is 5.69. The number of aromatic nitrogens is 2. The van der Waals surface area contributed by atoms with Crippen LogP contribution in [0.2, 0.25) is 0 Å². The molecule has 3 heterocycles. The summed E-state index contributed by atoms with van der Waals surface area (Å²) in [5.74, 6) is 1.01. The monoisotopic (exact) mass is 346 g/mol. The van der Waals surface area contributed by atoms with E-state index in [9.17, 15) is 9.90 Å².